The minimum atomic E-state index is -0.889. The molecular formula is C11H9NO2S. The molecule has 0 unspecified atom stereocenters. The fraction of sp³-hybridized carbons (Fsp3) is 0.0909. The van der Waals surface area contributed by atoms with Gasteiger partial charge in [-0.2, -0.15) is 0 Å². The molecule has 0 amide bonds. The number of carboxylic acids is 1. The average molecular weight is 219 g/mol. The van der Waals surface area contributed by atoms with Crippen molar-refractivity contribution >= 4 is 17.3 Å². The lowest BCUT2D eigenvalue weighted by molar-refractivity contribution is 0.0702. The number of aromatic nitrogens is 1. The predicted octanol–water partition coefficient (Wildman–Crippen LogP) is 2.82. The molecule has 0 bridgehead atoms. The van der Waals surface area contributed by atoms with Crippen LogP contribution in [0, 0.1) is 6.92 Å². The van der Waals surface area contributed by atoms with Crippen LogP contribution in [0.1, 0.15) is 15.2 Å². The van der Waals surface area contributed by atoms with Gasteiger partial charge in [-0.15, -0.1) is 11.3 Å². The molecule has 4 heteroatoms. The first-order chi connectivity index (χ1) is 7.18. The Bertz CT molecular complexity index is 505. The molecule has 0 aromatic carbocycles. The molecule has 76 valence electrons. The SMILES string of the molecule is Cc1cccnc1-c1csc(C(=O)O)c1. The van der Waals surface area contributed by atoms with Crippen molar-refractivity contribution in [1.82, 2.24) is 4.98 Å². The summed E-state index contributed by atoms with van der Waals surface area (Å²) >= 11 is 1.22. The summed E-state index contributed by atoms with van der Waals surface area (Å²) in [4.78, 5) is 15.3. The summed E-state index contributed by atoms with van der Waals surface area (Å²) in [5, 5.41) is 10.6. The number of nitrogens with zero attached hydrogens (tertiary/aromatic N) is 1. The van der Waals surface area contributed by atoms with Crippen molar-refractivity contribution in [1.29, 1.82) is 0 Å². The fourth-order valence-electron chi connectivity index (χ4n) is 1.36. The van der Waals surface area contributed by atoms with Crippen molar-refractivity contribution in [3.8, 4) is 11.3 Å². The minimum Gasteiger partial charge on any atom is -0.477 e. The summed E-state index contributed by atoms with van der Waals surface area (Å²) in [7, 11) is 0. The second-order valence-electron chi connectivity index (χ2n) is 3.17. The highest BCUT2D eigenvalue weighted by Gasteiger charge is 2.09. The number of hydrogen-bond donors (Lipinski definition) is 1. The van der Waals surface area contributed by atoms with Gasteiger partial charge in [0.1, 0.15) is 4.88 Å². The van der Waals surface area contributed by atoms with Crippen LogP contribution in [0.15, 0.2) is 29.8 Å². The summed E-state index contributed by atoms with van der Waals surface area (Å²) in [6.07, 6.45) is 1.71. The third kappa shape index (κ3) is 1.89. The van der Waals surface area contributed by atoms with Crippen molar-refractivity contribution in [2.24, 2.45) is 0 Å². The van der Waals surface area contributed by atoms with E-state index in [0.29, 0.717) is 4.88 Å². The van der Waals surface area contributed by atoms with E-state index in [2.05, 4.69) is 4.98 Å². The number of aryl methyl sites for hydroxylation is 1. The van der Waals surface area contributed by atoms with Crippen LogP contribution in [-0.2, 0) is 0 Å². The van der Waals surface area contributed by atoms with Gasteiger partial charge in [0.2, 0.25) is 0 Å². The van der Waals surface area contributed by atoms with Crippen LogP contribution >= 0.6 is 11.3 Å². The Hall–Kier alpha value is -1.68. The monoisotopic (exact) mass is 219 g/mol. The maximum atomic E-state index is 10.7. The third-order valence-electron chi connectivity index (χ3n) is 2.09. The standard InChI is InChI=1S/C11H9NO2S/c1-7-3-2-4-12-10(7)8-5-9(11(13)14)15-6-8/h2-6H,1H3,(H,13,14). The molecule has 2 aromatic heterocycles. The zero-order valence-electron chi connectivity index (χ0n) is 8.10. The summed E-state index contributed by atoms with van der Waals surface area (Å²) in [5.41, 5.74) is 2.77. The van der Waals surface area contributed by atoms with E-state index in [-0.39, 0.29) is 0 Å². The Morgan fingerprint density at radius 3 is 2.93 bits per heavy atom. The Labute approximate surface area is 91.0 Å². The number of rotatable bonds is 2. The Morgan fingerprint density at radius 1 is 1.53 bits per heavy atom. The first-order valence-corrected chi connectivity index (χ1v) is 5.30. The molecule has 2 heterocycles. The highest BCUT2D eigenvalue weighted by molar-refractivity contribution is 7.12. The van der Waals surface area contributed by atoms with Gasteiger partial charge in [0.15, 0.2) is 0 Å². The van der Waals surface area contributed by atoms with E-state index in [0.717, 1.165) is 16.8 Å². The predicted molar refractivity (Wildman–Crippen MR) is 59.2 cm³/mol. The molecule has 15 heavy (non-hydrogen) atoms. The molecule has 2 rings (SSSR count). The highest BCUT2D eigenvalue weighted by Crippen LogP contribution is 2.26. The minimum absolute atomic E-state index is 0.343. The molecule has 2 aromatic rings. The molecule has 0 aliphatic carbocycles. The lowest BCUT2D eigenvalue weighted by Crippen LogP contribution is -1.90. The van der Waals surface area contributed by atoms with E-state index in [4.69, 9.17) is 5.11 Å². The topological polar surface area (TPSA) is 50.2 Å². The average Bonchev–Trinajstić information content (AvgIpc) is 2.67. The van der Waals surface area contributed by atoms with Crippen molar-refractivity contribution in [3.05, 3.63) is 40.2 Å². The molecule has 0 aliphatic rings. The third-order valence-corrected chi connectivity index (χ3v) is 3.01. The van der Waals surface area contributed by atoms with E-state index in [1.807, 2.05) is 24.4 Å². The largest absolute Gasteiger partial charge is 0.477 e. The molecule has 3 nitrogen and oxygen atoms in total. The second kappa shape index (κ2) is 3.82. The van der Waals surface area contributed by atoms with Gasteiger partial charge in [-0.25, -0.2) is 4.79 Å². The smallest absolute Gasteiger partial charge is 0.345 e. The molecule has 1 N–H and O–H groups in total. The van der Waals surface area contributed by atoms with Gasteiger partial charge >= 0.3 is 5.97 Å². The van der Waals surface area contributed by atoms with Gasteiger partial charge in [0.25, 0.3) is 0 Å². The zero-order valence-corrected chi connectivity index (χ0v) is 8.91. The van der Waals surface area contributed by atoms with Crippen LogP contribution in [0.5, 0.6) is 0 Å². The first kappa shape index (κ1) is 9.86. The van der Waals surface area contributed by atoms with Crippen LogP contribution in [0.25, 0.3) is 11.3 Å². The van der Waals surface area contributed by atoms with Crippen molar-refractivity contribution in [2.45, 2.75) is 6.92 Å². The Balaban J connectivity index is 2.46. The molecule has 0 aliphatic heterocycles. The molecule has 0 fully saturated rings. The molecule has 0 atom stereocenters. The maximum absolute atomic E-state index is 10.7. The Kier molecular flexibility index (Phi) is 2.51. The lowest BCUT2D eigenvalue weighted by atomic mass is 10.1. The van der Waals surface area contributed by atoms with Crippen LogP contribution in [-0.4, -0.2) is 16.1 Å². The molecule has 0 radical (unpaired) electrons. The number of thiophene rings is 1. The van der Waals surface area contributed by atoms with Crippen molar-refractivity contribution < 1.29 is 9.90 Å². The van der Waals surface area contributed by atoms with Crippen molar-refractivity contribution in [3.63, 3.8) is 0 Å². The number of carbonyl (C=O) groups is 1. The molecule has 0 spiro atoms. The number of carboxylic acid groups (broad SMARTS) is 1. The fourth-order valence-corrected chi connectivity index (χ4v) is 2.09. The van der Waals surface area contributed by atoms with Gasteiger partial charge in [0, 0.05) is 17.1 Å². The van der Waals surface area contributed by atoms with Gasteiger partial charge in [-0.3, -0.25) is 4.98 Å². The summed E-state index contributed by atoms with van der Waals surface area (Å²) in [6.45, 7) is 1.96. The van der Waals surface area contributed by atoms with Gasteiger partial charge in [-0.05, 0) is 24.6 Å². The summed E-state index contributed by atoms with van der Waals surface area (Å²) in [5.74, 6) is -0.889. The van der Waals surface area contributed by atoms with Gasteiger partial charge < -0.3 is 5.11 Å². The van der Waals surface area contributed by atoms with Crippen LogP contribution in [0.2, 0.25) is 0 Å². The number of aromatic carboxylic acids is 1. The first-order valence-electron chi connectivity index (χ1n) is 4.42. The van der Waals surface area contributed by atoms with Gasteiger partial charge in [-0.1, -0.05) is 6.07 Å². The Morgan fingerprint density at radius 2 is 2.33 bits per heavy atom. The highest BCUT2D eigenvalue weighted by atomic mass is 32.1. The molecular weight excluding hydrogens is 210 g/mol. The summed E-state index contributed by atoms with van der Waals surface area (Å²) in [6, 6.07) is 5.48. The van der Waals surface area contributed by atoms with E-state index in [1.165, 1.54) is 11.3 Å². The van der Waals surface area contributed by atoms with Crippen LogP contribution in [0.3, 0.4) is 0 Å². The zero-order chi connectivity index (χ0) is 10.8. The maximum Gasteiger partial charge on any atom is 0.345 e. The van der Waals surface area contributed by atoms with E-state index in [9.17, 15) is 4.79 Å². The quantitative estimate of drug-likeness (QED) is 0.844. The second-order valence-corrected chi connectivity index (χ2v) is 4.08. The van der Waals surface area contributed by atoms with E-state index >= 15 is 0 Å². The normalized spacial score (nSPS) is 10.2. The summed E-state index contributed by atoms with van der Waals surface area (Å²) < 4.78 is 0. The van der Waals surface area contributed by atoms with Crippen LogP contribution < -0.4 is 0 Å². The van der Waals surface area contributed by atoms with E-state index < -0.39 is 5.97 Å². The molecule has 0 saturated carbocycles. The molecule has 0 saturated heterocycles. The van der Waals surface area contributed by atoms with Gasteiger partial charge in [0.05, 0.1) is 5.69 Å². The number of hydrogen-bond acceptors (Lipinski definition) is 3. The lowest BCUT2D eigenvalue weighted by Gasteiger charge is -1.99. The van der Waals surface area contributed by atoms with Crippen LogP contribution in [0.4, 0.5) is 0 Å². The van der Waals surface area contributed by atoms with Crippen molar-refractivity contribution in [2.75, 3.05) is 0 Å². The number of pyridine rings is 1. The van der Waals surface area contributed by atoms with E-state index in [1.54, 1.807) is 12.3 Å².